The molecular formula is C15H23NOS. The molecule has 1 unspecified atom stereocenters. The summed E-state index contributed by atoms with van der Waals surface area (Å²) in [6.07, 6.45) is 0.778. The molecule has 0 saturated heterocycles. The van der Waals surface area contributed by atoms with E-state index in [9.17, 15) is 4.55 Å². The van der Waals surface area contributed by atoms with Crippen LogP contribution < -0.4 is 0 Å². The average Bonchev–Trinajstić information content (AvgIpc) is 2.28. The molecule has 0 aromatic heterocycles. The van der Waals surface area contributed by atoms with Crippen LogP contribution in [0.5, 0.6) is 0 Å². The molecule has 1 aromatic carbocycles. The van der Waals surface area contributed by atoms with Crippen LogP contribution in [0, 0.1) is 5.92 Å². The second kappa shape index (κ2) is 6.39. The van der Waals surface area contributed by atoms with E-state index in [0.29, 0.717) is 5.92 Å². The first-order chi connectivity index (χ1) is 8.30. The Balaban J connectivity index is 2.87. The van der Waals surface area contributed by atoms with E-state index in [4.69, 9.17) is 0 Å². The molecule has 18 heavy (non-hydrogen) atoms. The zero-order valence-electron chi connectivity index (χ0n) is 11.9. The van der Waals surface area contributed by atoms with E-state index < -0.39 is 11.4 Å². The first kappa shape index (κ1) is 15.3. The SMILES string of the molecule is CC(C)C(Cc1ccccc1)=N[S+]([O-])C(C)(C)C. The maximum atomic E-state index is 12.1. The molecule has 1 aromatic rings. The minimum atomic E-state index is -1.17. The normalized spacial score (nSPS) is 14.9. The maximum absolute atomic E-state index is 12.1. The number of rotatable bonds is 4. The third kappa shape index (κ3) is 4.83. The van der Waals surface area contributed by atoms with Crippen LogP contribution in [-0.4, -0.2) is 15.0 Å². The number of nitrogens with zero attached hydrogens (tertiary/aromatic N) is 1. The monoisotopic (exact) mass is 265 g/mol. The van der Waals surface area contributed by atoms with Crippen LogP contribution in [0.3, 0.4) is 0 Å². The number of benzene rings is 1. The predicted octanol–water partition coefficient (Wildman–Crippen LogP) is 3.79. The van der Waals surface area contributed by atoms with Crippen LogP contribution in [0.25, 0.3) is 0 Å². The molecule has 3 heteroatoms. The molecule has 0 aliphatic heterocycles. The van der Waals surface area contributed by atoms with Crippen LogP contribution in [-0.2, 0) is 17.8 Å². The fourth-order valence-electron chi connectivity index (χ4n) is 1.39. The fraction of sp³-hybridized carbons (Fsp3) is 0.533. The number of hydrogen-bond acceptors (Lipinski definition) is 2. The summed E-state index contributed by atoms with van der Waals surface area (Å²) in [5.74, 6) is 0.316. The van der Waals surface area contributed by atoms with Crippen LogP contribution >= 0.6 is 0 Å². The summed E-state index contributed by atoms with van der Waals surface area (Å²) >= 11 is -1.17. The molecule has 0 saturated carbocycles. The maximum Gasteiger partial charge on any atom is 0.144 e. The highest BCUT2D eigenvalue weighted by atomic mass is 32.2. The van der Waals surface area contributed by atoms with Crippen molar-refractivity contribution in [1.29, 1.82) is 0 Å². The fourth-order valence-corrected chi connectivity index (χ4v) is 2.15. The second-order valence-electron chi connectivity index (χ2n) is 5.76. The van der Waals surface area contributed by atoms with Crippen molar-refractivity contribution in [2.24, 2.45) is 10.3 Å². The Morgan fingerprint density at radius 2 is 1.78 bits per heavy atom. The van der Waals surface area contributed by atoms with Gasteiger partial charge in [-0.15, -0.1) is 0 Å². The van der Waals surface area contributed by atoms with Crippen molar-refractivity contribution >= 4 is 17.1 Å². The van der Waals surface area contributed by atoms with Gasteiger partial charge in [0.05, 0.1) is 5.71 Å². The Bertz CT molecular complexity index is 393. The summed E-state index contributed by atoms with van der Waals surface area (Å²) in [7, 11) is 0. The molecule has 0 heterocycles. The lowest BCUT2D eigenvalue weighted by Gasteiger charge is -2.20. The molecule has 0 aliphatic carbocycles. The lowest BCUT2D eigenvalue weighted by Crippen LogP contribution is -2.28. The molecule has 100 valence electrons. The summed E-state index contributed by atoms with van der Waals surface area (Å²) in [5, 5.41) is 0. The Morgan fingerprint density at radius 3 is 2.22 bits per heavy atom. The standard InChI is InChI=1S/C15H23NOS/c1-12(2)14(16-18(17)15(3,4)5)11-13-9-7-6-8-10-13/h6-10,12H,11H2,1-5H3. The predicted molar refractivity (Wildman–Crippen MR) is 80.3 cm³/mol. The molecule has 1 rings (SSSR count). The van der Waals surface area contributed by atoms with Crippen LogP contribution in [0.4, 0.5) is 0 Å². The molecule has 0 radical (unpaired) electrons. The van der Waals surface area contributed by atoms with E-state index >= 15 is 0 Å². The van der Waals surface area contributed by atoms with Gasteiger partial charge in [-0.25, -0.2) is 0 Å². The summed E-state index contributed by atoms with van der Waals surface area (Å²) < 4.78 is 16.2. The zero-order chi connectivity index (χ0) is 13.8. The Morgan fingerprint density at radius 1 is 1.22 bits per heavy atom. The molecular weight excluding hydrogens is 242 g/mol. The smallest absolute Gasteiger partial charge is 0.144 e. The van der Waals surface area contributed by atoms with Gasteiger partial charge in [0.1, 0.15) is 16.1 Å². The topological polar surface area (TPSA) is 35.4 Å². The third-order valence-electron chi connectivity index (χ3n) is 2.62. The highest BCUT2D eigenvalue weighted by Gasteiger charge is 2.27. The first-order valence-corrected chi connectivity index (χ1v) is 7.44. The van der Waals surface area contributed by atoms with Gasteiger partial charge in [0.15, 0.2) is 0 Å². The van der Waals surface area contributed by atoms with E-state index in [2.05, 4.69) is 30.4 Å². The molecule has 0 N–H and O–H groups in total. The van der Waals surface area contributed by atoms with Crippen molar-refractivity contribution in [3.63, 3.8) is 0 Å². The van der Waals surface area contributed by atoms with Gasteiger partial charge >= 0.3 is 0 Å². The van der Waals surface area contributed by atoms with Gasteiger partial charge in [-0.05, 0) is 32.3 Å². The lowest BCUT2D eigenvalue weighted by molar-refractivity contribution is 0.561. The van der Waals surface area contributed by atoms with E-state index in [-0.39, 0.29) is 4.75 Å². The molecule has 0 aliphatic rings. The summed E-state index contributed by atoms with van der Waals surface area (Å²) in [6.45, 7) is 10.1. The Hall–Kier alpha value is -0.800. The lowest BCUT2D eigenvalue weighted by atomic mass is 10.0. The minimum absolute atomic E-state index is 0.295. The summed E-state index contributed by atoms with van der Waals surface area (Å²) in [5.41, 5.74) is 2.23. The first-order valence-electron chi connectivity index (χ1n) is 6.34. The van der Waals surface area contributed by atoms with Crippen LogP contribution in [0.1, 0.15) is 40.2 Å². The van der Waals surface area contributed by atoms with Gasteiger partial charge in [-0.3, -0.25) is 0 Å². The highest BCUT2D eigenvalue weighted by Crippen LogP contribution is 2.19. The second-order valence-corrected chi connectivity index (χ2v) is 7.67. The minimum Gasteiger partial charge on any atom is -0.591 e. The van der Waals surface area contributed by atoms with Crippen molar-refractivity contribution in [2.45, 2.75) is 45.8 Å². The molecule has 0 bridgehead atoms. The molecule has 1 atom stereocenters. The van der Waals surface area contributed by atoms with Gasteiger partial charge in [0.2, 0.25) is 0 Å². The number of hydrogen-bond donors (Lipinski definition) is 0. The van der Waals surface area contributed by atoms with Crippen molar-refractivity contribution in [2.75, 3.05) is 0 Å². The third-order valence-corrected chi connectivity index (χ3v) is 4.07. The van der Waals surface area contributed by atoms with Crippen LogP contribution in [0.2, 0.25) is 0 Å². The Labute approximate surface area is 114 Å². The molecule has 0 amide bonds. The van der Waals surface area contributed by atoms with Gasteiger partial charge in [-0.2, -0.15) is 0 Å². The molecule has 2 nitrogen and oxygen atoms in total. The van der Waals surface area contributed by atoms with Gasteiger partial charge in [0.25, 0.3) is 0 Å². The highest BCUT2D eigenvalue weighted by molar-refractivity contribution is 7.91. The van der Waals surface area contributed by atoms with Crippen molar-refractivity contribution in [1.82, 2.24) is 0 Å². The Kier molecular flexibility index (Phi) is 5.42. The van der Waals surface area contributed by atoms with Crippen LogP contribution in [0.15, 0.2) is 34.7 Å². The van der Waals surface area contributed by atoms with Gasteiger partial charge in [0, 0.05) is 6.42 Å². The van der Waals surface area contributed by atoms with Crippen molar-refractivity contribution in [3.8, 4) is 0 Å². The summed E-state index contributed by atoms with van der Waals surface area (Å²) in [4.78, 5) is 0. The van der Waals surface area contributed by atoms with E-state index in [1.807, 2.05) is 39.0 Å². The summed E-state index contributed by atoms with van der Waals surface area (Å²) in [6, 6.07) is 10.2. The average molecular weight is 265 g/mol. The van der Waals surface area contributed by atoms with E-state index in [1.54, 1.807) is 0 Å². The van der Waals surface area contributed by atoms with E-state index in [1.165, 1.54) is 5.56 Å². The quantitative estimate of drug-likeness (QED) is 0.602. The van der Waals surface area contributed by atoms with Gasteiger partial charge < -0.3 is 4.55 Å². The van der Waals surface area contributed by atoms with Gasteiger partial charge in [-0.1, -0.05) is 48.6 Å². The van der Waals surface area contributed by atoms with E-state index in [0.717, 1.165) is 12.1 Å². The molecule has 0 fully saturated rings. The zero-order valence-corrected chi connectivity index (χ0v) is 12.8. The largest absolute Gasteiger partial charge is 0.591 e. The molecule has 0 spiro atoms. The van der Waals surface area contributed by atoms with Crippen molar-refractivity contribution < 1.29 is 4.55 Å². The van der Waals surface area contributed by atoms with Crippen molar-refractivity contribution in [3.05, 3.63) is 35.9 Å².